The maximum absolute atomic E-state index is 2.32. The molecule has 28 heavy (non-hydrogen) atoms. The maximum Gasteiger partial charge on any atom is 0.0270 e. The number of thiophene rings is 2. The summed E-state index contributed by atoms with van der Waals surface area (Å²) in [4.78, 5) is 2.55. The summed E-state index contributed by atoms with van der Waals surface area (Å²) < 4.78 is 0. The third-order valence-corrected chi connectivity index (χ3v) is 6.42. The van der Waals surface area contributed by atoms with Gasteiger partial charge < -0.3 is 0 Å². The minimum atomic E-state index is 1.25. The second-order valence-electron chi connectivity index (χ2n) is 6.86. The van der Waals surface area contributed by atoms with Crippen LogP contribution in [-0.2, 0) is 0 Å². The topological polar surface area (TPSA) is 0 Å². The summed E-state index contributed by atoms with van der Waals surface area (Å²) in [5, 5.41) is 4.23. The van der Waals surface area contributed by atoms with Gasteiger partial charge in [0, 0.05) is 9.75 Å². The van der Waals surface area contributed by atoms with Crippen molar-refractivity contribution in [1.29, 1.82) is 0 Å². The Morgan fingerprint density at radius 2 is 1.25 bits per heavy atom. The highest BCUT2D eigenvalue weighted by Crippen LogP contribution is 2.30. The zero-order chi connectivity index (χ0) is 19.3. The molecule has 138 valence electrons. The molecular formula is C26H22S2. The van der Waals surface area contributed by atoms with Gasteiger partial charge in [-0.1, -0.05) is 60.2 Å². The SMILES string of the molecule is Cc1ccc(-c2cc(/C=C/c3cccs3)c(C)cc2/C=C/c2cccs2)cc1. The molecule has 2 heterocycles. The normalized spacial score (nSPS) is 11.6. The number of hydrogen-bond acceptors (Lipinski definition) is 2. The van der Waals surface area contributed by atoms with E-state index in [-0.39, 0.29) is 0 Å². The number of rotatable bonds is 5. The number of aryl methyl sites for hydroxylation is 2. The van der Waals surface area contributed by atoms with E-state index >= 15 is 0 Å². The molecule has 0 spiro atoms. The first-order chi connectivity index (χ1) is 13.7. The zero-order valence-electron chi connectivity index (χ0n) is 16.1. The summed E-state index contributed by atoms with van der Waals surface area (Å²) in [6.07, 6.45) is 8.87. The molecule has 2 aromatic carbocycles. The van der Waals surface area contributed by atoms with Crippen LogP contribution in [0.3, 0.4) is 0 Å². The molecule has 0 aliphatic carbocycles. The second kappa shape index (κ2) is 8.55. The van der Waals surface area contributed by atoms with Crippen LogP contribution in [0.2, 0.25) is 0 Å². The van der Waals surface area contributed by atoms with E-state index in [9.17, 15) is 0 Å². The van der Waals surface area contributed by atoms with E-state index < -0.39 is 0 Å². The summed E-state index contributed by atoms with van der Waals surface area (Å²) in [6, 6.07) is 21.9. The fraction of sp³-hybridized carbons (Fsp3) is 0.0769. The Morgan fingerprint density at radius 3 is 1.82 bits per heavy atom. The quantitative estimate of drug-likeness (QED) is 0.316. The van der Waals surface area contributed by atoms with Crippen LogP contribution in [0.5, 0.6) is 0 Å². The Balaban J connectivity index is 1.78. The molecule has 0 atom stereocenters. The average Bonchev–Trinajstić information content (AvgIpc) is 3.40. The van der Waals surface area contributed by atoms with Crippen LogP contribution in [0.1, 0.15) is 32.0 Å². The monoisotopic (exact) mass is 398 g/mol. The van der Waals surface area contributed by atoms with Gasteiger partial charge in [0.05, 0.1) is 0 Å². The van der Waals surface area contributed by atoms with Crippen LogP contribution in [-0.4, -0.2) is 0 Å². The average molecular weight is 399 g/mol. The molecule has 2 aromatic heterocycles. The lowest BCUT2D eigenvalue weighted by Gasteiger charge is -2.12. The first-order valence-electron chi connectivity index (χ1n) is 9.34. The van der Waals surface area contributed by atoms with E-state index in [1.165, 1.54) is 43.1 Å². The van der Waals surface area contributed by atoms with E-state index in [1.807, 2.05) is 0 Å². The summed E-state index contributed by atoms with van der Waals surface area (Å²) in [7, 11) is 0. The lowest BCUT2D eigenvalue weighted by molar-refractivity contribution is 1.42. The molecule has 0 amide bonds. The van der Waals surface area contributed by atoms with Crippen LogP contribution >= 0.6 is 22.7 Å². The minimum absolute atomic E-state index is 1.25. The van der Waals surface area contributed by atoms with Crippen LogP contribution < -0.4 is 0 Å². The van der Waals surface area contributed by atoms with Crippen LogP contribution in [0.25, 0.3) is 35.4 Å². The molecule has 0 N–H and O–H groups in total. The molecule has 4 rings (SSSR count). The van der Waals surface area contributed by atoms with E-state index in [2.05, 4.69) is 110 Å². The minimum Gasteiger partial charge on any atom is -0.144 e. The molecule has 2 heteroatoms. The van der Waals surface area contributed by atoms with Gasteiger partial charge in [0.15, 0.2) is 0 Å². The molecule has 0 radical (unpaired) electrons. The van der Waals surface area contributed by atoms with Gasteiger partial charge in [0.2, 0.25) is 0 Å². The van der Waals surface area contributed by atoms with Crippen molar-refractivity contribution >= 4 is 47.0 Å². The van der Waals surface area contributed by atoms with Crippen molar-refractivity contribution in [2.45, 2.75) is 13.8 Å². The van der Waals surface area contributed by atoms with Crippen LogP contribution in [0.4, 0.5) is 0 Å². The van der Waals surface area contributed by atoms with Gasteiger partial charge in [-0.3, -0.25) is 0 Å². The van der Waals surface area contributed by atoms with Gasteiger partial charge in [-0.25, -0.2) is 0 Å². The summed E-state index contributed by atoms with van der Waals surface area (Å²) in [5.41, 5.74) is 7.60. The van der Waals surface area contributed by atoms with E-state index in [4.69, 9.17) is 0 Å². The highest BCUT2D eigenvalue weighted by molar-refractivity contribution is 7.11. The summed E-state index contributed by atoms with van der Waals surface area (Å²) >= 11 is 3.53. The van der Waals surface area contributed by atoms with E-state index in [0.717, 1.165) is 0 Å². The largest absolute Gasteiger partial charge is 0.144 e. The molecule has 0 fully saturated rings. The lowest BCUT2D eigenvalue weighted by Crippen LogP contribution is -1.90. The zero-order valence-corrected chi connectivity index (χ0v) is 17.7. The van der Waals surface area contributed by atoms with Crippen LogP contribution in [0, 0.1) is 13.8 Å². The Labute approximate surface area is 175 Å². The van der Waals surface area contributed by atoms with E-state index in [0.29, 0.717) is 0 Å². The number of benzene rings is 2. The second-order valence-corrected chi connectivity index (χ2v) is 8.82. The standard InChI is InChI=1S/C26H22S2/c1-19-7-9-21(10-8-19)26-18-22(11-13-24-5-3-15-27-24)20(2)17-23(26)12-14-25-6-4-16-28-25/h3-18H,1-2H3/b13-11+,14-12+. The fourth-order valence-electron chi connectivity index (χ4n) is 3.16. The molecular weight excluding hydrogens is 376 g/mol. The molecule has 4 aromatic rings. The predicted octanol–water partition coefficient (Wildman–Crippen LogP) is 8.43. The van der Waals surface area contributed by atoms with Gasteiger partial charge in [-0.15, -0.1) is 22.7 Å². The van der Waals surface area contributed by atoms with Crippen molar-refractivity contribution in [3.8, 4) is 11.1 Å². The van der Waals surface area contributed by atoms with Crippen molar-refractivity contribution in [1.82, 2.24) is 0 Å². The van der Waals surface area contributed by atoms with Gasteiger partial charge in [-0.2, -0.15) is 0 Å². The Bertz CT molecular complexity index is 1090. The first-order valence-corrected chi connectivity index (χ1v) is 11.1. The lowest BCUT2D eigenvalue weighted by atomic mass is 9.93. The summed E-state index contributed by atoms with van der Waals surface area (Å²) in [6.45, 7) is 4.32. The molecule has 0 aliphatic heterocycles. The van der Waals surface area contributed by atoms with Gasteiger partial charge in [-0.05, 0) is 82.8 Å². The van der Waals surface area contributed by atoms with Crippen molar-refractivity contribution < 1.29 is 0 Å². The first kappa shape index (κ1) is 18.7. The van der Waals surface area contributed by atoms with E-state index in [1.54, 1.807) is 22.7 Å². The van der Waals surface area contributed by atoms with Crippen molar-refractivity contribution in [3.05, 3.63) is 103 Å². The Hall–Kier alpha value is -2.68. The fourth-order valence-corrected chi connectivity index (χ4v) is 4.40. The summed E-state index contributed by atoms with van der Waals surface area (Å²) in [5.74, 6) is 0. The van der Waals surface area contributed by atoms with Crippen molar-refractivity contribution in [3.63, 3.8) is 0 Å². The molecule has 0 saturated heterocycles. The van der Waals surface area contributed by atoms with Gasteiger partial charge in [0.1, 0.15) is 0 Å². The third-order valence-electron chi connectivity index (χ3n) is 4.74. The predicted molar refractivity (Wildman–Crippen MR) is 128 cm³/mol. The van der Waals surface area contributed by atoms with Crippen molar-refractivity contribution in [2.24, 2.45) is 0 Å². The molecule has 0 unspecified atom stereocenters. The smallest absolute Gasteiger partial charge is 0.0270 e. The van der Waals surface area contributed by atoms with Crippen molar-refractivity contribution in [2.75, 3.05) is 0 Å². The van der Waals surface area contributed by atoms with Crippen LogP contribution in [0.15, 0.2) is 71.4 Å². The maximum atomic E-state index is 2.32. The highest BCUT2D eigenvalue weighted by Gasteiger charge is 2.07. The number of hydrogen-bond donors (Lipinski definition) is 0. The Morgan fingerprint density at radius 1 is 0.643 bits per heavy atom. The molecule has 0 saturated carbocycles. The molecule has 0 aliphatic rings. The van der Waals surface area contributed by atoms with Gasteiger partial charge in [0.25, 0.3) is 0 Å². The molecule has 0 nitrogen and oxygen atoms in total. The highest BCUT2D eigenvalue weighted by atomic mass is 32.1. The van der Waals surface area contributed by atoms with Gasteiger partial charge >= 0.3 is 0 Å². The third kappa shape index (κ3) is 4.41. The molecule has 0 bridgehead atoms. The Kier molecular flexibility index (Phi) is 5.70.